The third-order valence-electron chi connectivity index (χ3n) is 2.22. The van der Waals surface area contributed by atoms with Crippen LogP contribution in [0.4, 0.5) is 4.39 Å². The van der Waals surface area contributed by atoms with Gasteiger partial charge in [-0.15, -0.1) is 0 Å². The largest absolute Gasteiger partial charge is 0.298 e. The third kappa shape index (κ3) is 2.95. The van der Waals surface area contributed by atoms with Crippen LogP contribution in [-0.4, -0.2) is 6.29 Å². The molecule has 0 aromatic heterocycles. The molecule has 1 rings (SSSR count). The maximum atomic E-state index is 12.9. The van der Waals surface area contributed by atoms with Gasteiger partial charge in [-0.2, -0.15) is 0 Å². The second-order valence-electron chi connectivity index (χ2n) is 3.89. The molecule has 0 aliphatic heterocycles. The normalized spacial score (nSPS) is 10.6. The van der Waals surface area contributed by atoms with Crippen molar-refractivity contribution in [2.45, 2.75) is 26.7 Å². The fourth-order valence-electron chi connectivity index (χ4n) is 1.35. The summed E-state index contributed by atoms with van der Waals surface area (Å²) < 4.78 is 12.9. The van der Waals surface area contributed by atoms with E-state index in [-0.39, 0.29) is 5.82 Å². The van der Waals surface area contributed by atoms with E-state index in [2.05, 4.69) is 13.8 Å². The lowest BCUT2D eigenvalue weighted by molar-refractivity contribution is 0.112. The Kier molecular flexibility index (Phi) is 3.81. The van der Waals surface area contributed by atoms with Crippen molar-refractivity contribution in [1.29, 1.82) is 0 Å². The highest BCUT2D eigenvalue weighted by Crippen LogP contribution is 2.14. The van der Waals surface area contributed by atoms with Crippen LogP contribution in [0.2, 0.25) is 0 Å². The number of aryl methyl sites for hydroxylation is 1. The zero-order chi connectivity index (χ0) is 10.6. The number of aldehydes is 1. The Balaban J connectivity index is 2.82. The molecule has 0 amide bonds. The predicted octanol–water partition coefficient (Wildman–Crippen LogP) is 3.23. The highest BCUT2D eigenvalue weighted by Gasteiger charge is 2.04. The van der Waals surface area contributed by atoms with Gasteiger partial charge in [-0.3, -0.25) is 4.79 Å². The number of halogens is 1. The average Bonchev–Trinajstić information content (AvgIpc) is 2.15. The molecular formula is C12H15FO. The summed E-state index contributed by atoms with van der Waals surface area (Å²) >= 11 is 0. The summed E-state index contributed by atoms with van der Waals surface area (Å²) in [6.45, 7) is 4.22. The smallest absolute Gasteiger partial charge is 0.150 e. The standard InChI is InChI=1S/C12H15FO/c1-9(2)3-4-10-7-12(13)6-5-11(10)8-14/h5-9H,3-4H2,1-2H3. The Morgan fingerprint density at radius 3 is 2.71 bits per heavy atom. The van der Waals surface area contributed by atoms with Crippen LogP contribution < -0.4 is 0 Å². The topological polar surface area (TPSA) is 17.1 Å². The van der Waals surface area contributed by atoms with Gasteiger partial charge in [0.25, 0.3) is 0 Å². The Hall–Kier alpha value is -1.18. The molecule has 1 aromatic carbocycles. The van der Waals surface area contributed by atoms with Crippen molar-refractivity contribution in [3.63, 3.8) is 0 Å². The molecule has 2 heteroatoms. The molecule has 14 heavy (non-hydrogen) atoms. The summed E-state index contributed by atoms with van der Waals surface area (Å²) in [5.41, 5.74) is 1.42. The van der Waals surface area contributed by atoms with Crippen molar-refractivity contribution in [3.05, 3.63) is 35.1 Å². The second-order valence-corrected chi connectivity index (χ2v) is 3.89. The summed E-state index contributed by atoms with van der Waals surface area (Å²) in [7, 11) is 0. The summed E-state index contributed by atoms with van der Waals surface area (Å²) in [6, 6.07) is 4.31. The Morgan fingerprint density at radius 2 is 2.14 bits per heavy atom. The van der Waals surface area contributed by atoms with E-state index in [0.29, 0.717) is 11.5 Å². The van der Waals surface area contributed by atoms with Crippen LogP contribution in [0.3, 0.4) is 0 Å². The average molecular weight is 194 g/mol. The first-order valence-electron chi connectivity index (χ1n) is 4.87. The second kappa shape index (κ2) is 4.89. The van der Waals surface area contributed by atoms with Gasteiger partial charge in [-0.1, -0.05) is 13.8 Å². The lowest BCUT2D eigenvalue weighted by Crippen LogP contribution is -1.97. The maximum Gasteiger partial charge on any atom is 0.150 e. The summed E-state index contributed by atoms with van der Waals surface area (Å²) in [5.74, 6) is 0.298. The van der Waals surface area contributed by atoms with Crippen LogP contribution in [0, 0.1) is 11.7 Å². The lowest BCUT2D eigenvalue weighted by atomic mass is 9.99. The highest BCUT2D eigenvalue weighted by atomic mass is 19.1. The molecule has 0 saturated carbocycles. The van der Waals surface area contributed by atoms with Gasteiger partial charge < -0.3 is 0 Å². The number of benzene rings is 1. The number of carbonyl (C=O) groups excluding carboxylic acids is 1. The first-order valence-corrected chi connectivity index (χ1v) is 4.87. The quantitative estimate of drug-likeness (QED) is 0.672. The Bertz CT molecular complexity index is 318. The lowest BCUT2D eigenvalue weighted by Gasteiger charge is -2.06. The van der Waals surface area contributed by atoms with Crippen molar-refractivity contribution < 1.29 is 9.18 Å². The van der Waals surface area contributed by atoms with Gasteiger partial charge in [-0.05, 0) is 42.5 Å². The molecule has 0 aliphatic rings. The zero-order valence-corrected chi connectivity index (χ0v) is 8.59. The van der Waals surface area contributed by atoms with E-state index in [4.69, 9.17) is 0 Å². The van der Waals surface area contributed by atoms with E-state index < -0.39 is 0 Å². The van der Waals surface area contributed by atoms with Crippen LogP contribution in [0.25, 0.3) is 0 Å². The van der Waals surface area contributed by atoms with Crippen molar-refractivity contribution >= 4 is 6.29 Å². The molecule has 0 atom stereocenters. The molecule has 0 unspecified atom stereocenters. The van der Waals surface area contributed by atoms with Crippen LogP contribution in [0.5, 0.6) is 0 Å². The van der Waals surface area contributed by atoms with Gasteiger partial charge in [0.05, 0.1) is 0 Å². The van der Waals surface area contributed by atoms with Gasteiger partial charge in [-0.25, -0.2) is 4.39 Å². The predicted molar refractivity (Wildman–Crippen MR) is 54.9 cm³/mol. The van der Waals surface area contributed by atoms with Crippen LogP contribution >= 0.6 is 0 Å². The van der Waals surface area contributed by atoms with Crippen molar-refractivity contribution in [2.24, 2.45) is 5.92 Å². The SMILES string of the molecule is CC(C)CCc1cc(F)ccc1C=O. The molecule has 0 bridgehead atoms. The summed E-state index contributed by atoms with van der Waals surface area (Å²) in [4.78, 5) is 10.7. The Morgan fingerprint density at radius 1 is 1.43 bits per heavy atom. The van der Waals surface area contributed by atoms with Crippen LogP contribution in [-0.2, 0) is 6.42 Å². The molecule has 0 heterocycles. The Labute approximate surface area is 83.9 Å². The molecule has 0 N–H and O–H groups in total. The first-order chi connectivity index (χ1) is 6.63. The van der Waals surface area contributed by atoms with Gasteiger partial charge in [0.15, 0.2) is 0 Å². The van der Waals surface area contributed by atoms with Gasteiger partial charge >= 0.3 is 0 Å². The van der Waals surface area contributed by atoms with Gasteiger partial charge in [0.1, 0.15) is 12.1 Å². The zero-order valence-electron chi connectivity index (χ0n) is 8.59. The minimum Gasteiger partial charge on any atom is -0.298 e. The van der Waals surface area contributed by atoms with E-state index in [1.807, 2.05) is 0 Å². The molecule has 0 saturated heterocycles. The minimum atomic E-state index is -0.269. The van der Waals surface area contributed by atoms with E-state index in [0.717, 1.165) is 24.7 Å². The molecule has 1 nitrogen and oxygen atoms in total. The number of carbonyl (C=O) groups is 1. The maximum absolute atomic E-state index is 12.9. The number of hydrogen-bond donors (Lipinski definition) is 0. The van der Waals surface area contributed by atoms with E-state index in [1.165, 1.54) is 18.2 Å². The van der Waals surface area contributed by atoms with Gasteiger partial charge in [0, 0.05) is 5.56 Å². The molecular weight excluding hydrogens is 179 g/mol. The number of rotatable bonds is 4. The van der Waals surface area contributed by atoms with Crippen molar-refractivity contribution in [2.75, 3.05) is 0 Å². The molecule has 0 spiro atoms. The van der Waals surface area contributed by atoms with E-state index in [1.54, 1.807) is 0 Å². The third-order valence-corrected chi connectivity index (χ3v) is 2.22. The monoisotopic (exact) mass is 194 g/mol. The molecule has 76 valence electrons. The van der Waals surface area contributed by atoms with Gasteiger partial charge in [0.2, 0.25) is 0 Å². The first kappa shape index (κ1) is 10.9. The molecule has 1 aromatic rings. The number of hydrogen-bond acceptors (Lipinski definition) is 1. The van der Waals surface area contributed by atoms with Crippen molar-refractivity contribution in [1.82, 2.24) is 0 Å². The fraction of sp³-hybridized carbons (Fsp3) is 0.417. The van der Waals surface area contributed by atoms with E-state index in [9.17, 15) is 9.18 Å². The van der Waals surface area contributed by atoms with E-state index >= 15 is 0 Å². The van der Waals surface area contributed by atoms with Crippen LogP contribution in [0.1, 0.15) is 36.2 Å². The highest BCUT2D eigenvalue weighted by molar-refractivity contribution is 5.77. The molecule has 0 radical (unpaired) electrons. The fourth-order valence-corrected chi connectivity index (χ4v) is 1.35. The minimum absolute atomic E-state index is 0.269. The molecule has 0 aliphatic carbocycles. The summed E-state index contributed by atoms with van der Waals surface area (Å²) in [5, 5.41) is 0. The van der Waals surface area contributed by atoms with Crippen LogP contribution in [0.15, 0.2) is 18.2 Å². The van der Waals surface area contributed by atoms with Crippen molar-refractivity contribution in [3.8, 4) is 0 Å². The summed E-state index contributed by atoms with van der Waals surface area (Å²) in [6.07, 6.45) is 2.53. The molecule has 0 fully saturated rings.